The van der Waals surface area contributed by atoms with Crippen molar-refractivity contribution < 1.29 is 22.3 Å². The van der Waals surface area contributed by atoms with Gasteiger partial charge >= 0.3 is 0 Å². The molecule has 0 aromatic heterocycles. The molecule has 0 aliphatic rings. The number of methoxy groups -OCH3 is 1. The third-order valence-corrected chi connectivity index (χ3v) is 6.03. The summed E-state index contributed by atoms with van der Waals surface area (Å²) in [4.78, 5) is 12.6. The molecule has 2 N–H and O–H groups in total. The number of amides is 1. The van der Waals surface area contributed by atoms with E-state index in [4.69, 9.17) is 4.74 Å². The Labute approximate surface area is 175 Å². The number of benzene rings is 3. The van der Waals surface area contributed by atoms with E-state index < -0.39 is 21.7 Å². The second-order valence-electron chi connectivity index (χ2n) is 5.90. The number of sulfonamides is 1. The van der Waals surface area contributed by atoms with Gasteiger partial charge in [0.25, 0.3) is 15.9 Å². The van der Waals surface area contributed by atoms with Crippen LogP contribution in [0, 0.1) is 5.82 Å². The number of rotatable bonds is 6. The van der Waals surface area contributed by atoms with Gasteiger partial charge in [0.05, 0.1) is 28.9 Å². The smallest absolute Gasteiger partial charge is 0.261 e. The monoisotopic (exact) mass is 478 g/mol. The van der Waals surface area contributed by atoms with E-state index in [9.17, 15) is 17.6 Å². The van der Waals surface area contributed by atoms with Gasteiger partial charge in [-0.3, -0.25) is 9.52 Å². The highest BCUT2D eigenvalue weighted by molar-refractivity contribution is 9.10. The largest absolute Gasteiger partial charge is 0.497 e. The molecule has 3 rings (SSSR count). The highest BCUT2D eigenvalue weighted by atomic mass is 79.9. The molecule has 0 aliphatic carbocycles. The fraction of sp³-hybridized carbons (Fsp3) is 0.0500. The van der Waals surface area contributed by atoms with E-state index in [1.54, 1.807) is 36.4 Å². The van der Waals surface area contributed by atoms with Crippen LogP contribution in [0.3, 0.4) is 0 Å². The van der Waals surface area contributed by atoms with Gasteiger partial charge in [-0.25, -0.2) is 12.8 Å². The number of nitrogens with one attached hydrogen (secondary N) is 2. The van der Waals surface area contributed by atoms with Crippen molar-refractivity contribution in [3.63, 3.8) is 0 Å². The zero-order chi connectivity index (χ0) is 21.0. The lowest BCUT2D eigenvalue weighted by Gasteiger charge is -2.14. The fourth-order valence-corrected chi connectivity index (χ4v) is 4.00. The number of halogens is 2. The van der Waals surface area contributed by atoms with Crippen molar-refractivity contribution >= 4 is 43.2 Å². The molecule has 3 aromatic carbocycles. The molecule has 29 heavy (non-hydrogen) atoms. The lowest BCUT2D eigenvalue weighted by Crippen LogP contribution is -2.17. The van der Waals surface area contributed by atoms with E-state index in [1.165, 1.54) is 13.2 Å². The fourth-order valence-electron chi connectivity index (χ4n) is 2.49. The first-order chi connectivity index (χ1) is 13.8. The summed E-state index contributed by atoms with van der Waals surface area (Å²) < 4.78 is 46.4. The van der Waals surface area contributed by atoms with Gasteiger partial charge in [0.1, 0.15) is 11.6 Å². The maximum atomic E-state index is 13.1. The summed E-state index contributed by atoms with van der Waals surface area (Å²) in [6.07, 6.45) is 0. The van der Waals surface area contributed by atoms with Crippen molar-refractivity contribution in [1.29, 1.82) is 0 Å². The van der Waals surface area contributed by atoms with Crippen LogP contribution in [-0.4, -0.2) is 21.4 Å². The summed E-state index contributed by atoms with van der Waals surface area (Å²) in [6, 6.07) is 15.7. The van der Waals surface area contributed by atoms with E-state index in [0.717, 1.165) is 24.3 Å². The van der Waals surface area contributed by atoms with Crippen LogP contribution in [0.15, 0.2) is 76.1 Å². The van der Waals surface area contributed by atoms with Crippen LogP contribution < -0.4 is 14.8 Å². The minimum absolute atomic E-state index is 0.101. The van der Waals surface area contributed by atoms with Gasteiger partial charge in [-0.05, 0) is 70.5 Å². The molecule has 0 bridgehead atoms. The zero-order valence-electron chi connectivity index (χ0n) is 15.1. The summed E-state index contributed by atoms with van der Waals surface area (Å²) in [5.41, 5.74) is 0.752. The topological polar surface area (TPSA) is 84.5 Å². The van der Waals surface area contributed by atoms with Gasteiger partial charge in [-0.15, -0.1) is 0 Å². The normalized spacial score (nSPS) is 11.0. The number of carbonyl (C=O) groups is 1. The predicted molar refractivity (Wildman–Crippen MR) is 112 cm³/mol. The molecule has 0 spiro atoms. The molecule has 0 atom stereocenters. The van der Waals surface area contributed by atoms with Crippen molar-refractivity contribution in [1.82, 2.24) is 0 Å². The van der Waals surface area contributed by atoms with Gasteiger partial charge in [-0.1, -0.05) is 12.1 Å². The van der Waals surface area contributed by atoms with Gasteiger partial charge in [-0.2, -0.15) is 0 Å². The quantitative estimate of drug-likeness (QED) is 0.539. The van der Waals surface area contributed by atoms with Crippen LogP contribution in [-0.2, 0) is 10.0 Å². The average molecular weight is 479 g/mol. The van der Waals surface area contributed by atoms with E-state index in [2.05, 4.69) is 26.0 Å². The lowest BCUT2D eigenvalue weighted by atomic mass is 10.2. The Bertz CT molecular complexity index is 1150. The molecule has 6 nitrogen and oxygen atoms in total. The van der Waals surface area contributed by atoms with Gasteiger partial charge in [0.15, 0.2) is 0 Å². The minimum atomic E-state index is -3.97. The molecule has 0 heterocycles. The summed E-state index contributed by atoms with van der Waals surface area (Å²) in [7, 11) is -2.48. The third-order valence-electron chi connectivity index (χ3n) is 3.96. The van der Waals surface area contributed by atoms with Crippen molar-refractivity contribution in [2.45, 2.75) is 4.90 Å². The Morgan fingerprint density at radius 2 is 1.66 bits per heavy atom. The number of carbonyl (C=O) groups excluding carboxylic acids is 1. The third kappa shape index (κ3) is 4.93. The molecule has 0 unspecified atom stereocenters. The van der Waals surface area contributed by atoms with Crippen LogP contribution in [0.2, 0.25) is 0 Å². The first kappa shape index (κ1) is 20.8. The van der Waals surface area contributed by atoms with Crippen molar-refractivity contribution in [2.75, 3.05) is 17.1 Å². The highest BCUT2D eigenvalue weighted by Crippen LogP contribution is 2.27. The maximum absolute atomic E-state index is 13.1. The van der Waals surface area contributed by atoms with E-state index in [-0.39, 0.29) is 16.3 Å². The highest BCUT2D eigenvalue weighted by Gasteiger charge is 2.18. The molecule has 0 radical (unpaired) electrons. The van der Waals surface area contributed by atoms with Gasteiger partial charge in [0, 0.05) is 4.47 Å². The van der Waals surface area contributed by atoms with Crippen molar-refractivity contribution in [3.05, 3.63) is 82.6 Å². The average Bonchev–Trinajstić information content (AvgIpc) is 2.70. The molecule has 0 fully saturated rings. The predicted octanol–water partition coefficient (Wildman–Crippen LogP) is 4.65. The Kier molecular flexibility index (Phi) is 6.19. The molecule has 0 aliphatic heterocycles. The van der Waals surface area contributed by atoms with Crippen LogP contribution in [0.25, 0.3) is 0 Å². The first-order valence-electron chi connectivity index (χ1n) is 8.32. The standard InChI is InChI=1S/C20H16BrFN2O4S/c1-28-14-8-11-17(21)16(12-14)20(25)23-18-4-2-3-5-19(18)24-29(26,27)15-9-6-13(22)7-10-15/h2-12,24H,1H3,(H,23,25). The second-order valence-corrected chi connectivity index (χ2v) is 8.44. The summed E-state index contributed by atoms with van der Waals surface area (Å²) >= 11 is 3.32. The van der Waals surface area contributed by atoms with E-state index >= 15 is 0 Å². The molecular formula is C20H16BrFN2O4S. The number of hydrogen-bond donors (Lipinski definition) is 2. The number of hydrogen-bond acceptors (Lipinski definition) is 4. The Balaban J connectivity index is 1.88. The molecule has 3 aromatic rings. The number of para-hydroxylation sites is 2. The van der Waals surface area contributed by atoms with Gasteiger partial charge < -0.3 is 10.1 Å². The number of ether oxygens (including phenoxy) is 1. The van der Waals surface area contributed by atoms with Gasteiger partial charge in [0.2, 0.25) is 0 Å². The number of anilines is 2. The molecule has 150 valence electrons. The molecule has 9 heteroatoms. The molecule has 0 saturated heterocycles. The van der Waals surface area contributed by atoms with E-state index in [0.29, 0.717) is 15.8 Å². The maximum Gasteiger partial charge on any atom is 0.261 e. The zero-order valence-corrected chi connectivity index (χ0v) is 17.6. The second kappa shape index (κ2) is 8.62. The van der Waals surface area contributed by atoms with Crippen LogP contribution in [0.4, 0.5) is 15.8 Å². The minimum Gasteiger partial charge on any atom is -0.497 e. The SMILES string of the molecule is COc1ccc(Br)c(C(=O)Nc2ccccc2NS(=O)(=O)c2ccc(F)cc2)c1. The molecule has 0 saturated carbocycles. The first-order valence-corrected chi connectivity index (χ1v) is 10.6. The lowest BCUT2D eigenvalue weighted by molar-refractivity contribution is 0.102. The molecule has 1 amide bonds. The van der Waals surface area contributed by atoms with Crippen LogP contribution in [0.5, 0.6) is 5.75 Å². The Morgan fingerprint density at radius 3 is 2.31 bits per heavy atom. The van der Waals surface area contributed by atoms with Crippen LogP contribution in [0.1, 0.15) is 10.4 Å². The van der Waals surface area contributed by atoms with E-state index in [1.807, 2.05) is 0 Å². The molecular weight excluding hydrogens is 463 g/mol. The summed E-state index contributed by atoms with van der Waals surface area (Å²) in [5, 5.41) is 2.69. The van der Waals surface area contributed by atoms with Crippen LogP contribution >= 0.6 is 15.9 Å². The Hall–Kier alpha value is -2.91. The van der Waals surface area contributed by atoms with Crippen molar-refractivity contribution in [3.8, 4) is 5.75 Å². The summed E-state index contributed by atoms with van der Waals surface area (Å²) in [5.74, 6) is -0.492. The Morgan fingerprint density at radius 1 is 1.00 bits per heavy atom. The summed E-state index contributed by atoms with van der Waals surface area (Å²) in [6.45, 7) is 0. The van der Waals surface area contributed by atoms with Crippen molar-refractivity contribution in [2.24, 2.45) is 0 Å².